The molecule has 0 aliphatic carbocycles. The Balaban J connectivity index is 3.09. The summed E-state index contributed by atoms with van der Waals surface area (Å²) in [5.74, 6) is -3.19. The van der Waals surface area contributed by atoms with Crippen LogP contribution in [0.25, 0.3) is 0 Å². The number of nitrogens with two attached hydrogens (primary N) is 1. The van der Waals surface area contributed by atoms with Gasteiger partial charge in [-0.05, 0) is 34.1 Å². The predicted molar refractivity (Wildman–Crippen MR) is 69.7 cm³/mol. The lowest BCUT2D eigenvalue weighted by molar-refractivity contribution is -0.140. The lowest BCUT2D eigenvalue weighted by Gasteiger charge is -2.14. The number of hydrogen-bond donors (Lipinski definition) is 3. The molecule has 1 atom stereocenters. The van der Waals surface area contributed by atoms with Crippen molar-refractivity contribution in [2.75, 3.05) is 0 Å². The maximum absolute atomic E-state index is 12.9. The van der Waals surface area contributed by atoms with Crippen LogP contribution >= 0.6 is 15.9 Å². The number of rotatable bonds is 6. The fraction of sp³-hybridized carbons (Fsp3) is 0.200. The summed E-state index contributed by atoms with van der Waals surface area (Å²) < 4.78 is 38.6. The first kappa shape index (κ1) is 16.5. The van der Waals surface area contributed by atoms with Crippen molar-refractivity contribution in [3.05, 3.63) is 28.5 Å². The topological polar surface area (TPSA) is 127 Å². The molecule has 0 aliphatic heterocycles. The zero-order valence-electron chi connectivity index (χ0n) is 9.84. The van der Waals surface area contributed by atoms with Crippen LogP contribution in [0.2, 0.25) is 0 Å². The van der Waals surface area contributed by atoms with Gasteiger partial charge >= 0.3 is 5.97 Å². The molecule has 0 saturated carbocycles. The summed E-state index contributed by atoms with van der Waals surface area (Å²) in [6.07, 6.45) is -0.701. The number of carbonyl (C=O) groups is 2. The normalized spacial score (nSPS) is 12.9. The van der Waals surface area contributed by atoms with Gasteiger partial charge in [-0.2, -0.15) is 4.72 Å². The Morgan fingerprint density at radius 2 is 2.05 bits per heavy atom. The van der Waals surface area contributed by atoms with E-state index in [0.717, 1.165) is 18.2 Å². The molecule has 1 amide bonds. The van der Waals surface area contributed by atoms with E-state index in [9.17, 15) is 22.4 Å². The minimum atomic E-state index is -4.25. The van der Waals surface area contributed by atoms with Crippen molar-refractivity contribution in [2.45, 2.75) is 17.4 Å². The molecule has 0 heterocycles. The number of hydrogen-bond acceptors (Lipinski definition) is 4. The molecule has 4 N–H and O–H groups in total. The summed E-state index contributed by atoms with van der Waals surface area (Å²) in [5, 5.41) is 8.84. The maximum Gasteiger partial charge on any atom is 0.322 e. The largest absolute Gasteiger partial charge is 0.480 e. The Bertz CT molecular complexity index is 649. The van der Waals surface area contributed by atoms with Gasteiger partial charge in [-0.25, -0.2) is 12.8 Å². The molecule has 20 heavy (non-hydrogen) atoms. The third kappa shape index (κ3) is 4.25. The SMILES string of the molecule is NC(=O)CC(NS(=O)(=O)c1ccc(F)cc1Br)C(=O)O. The molecular formula is C10H10BrFN2O5S. The van der Waals surface area contributed by atoms with Crippen molar-refractivity contribution in [3.63, 3.8) is 0 Å². The van der Waals surface area contributed by atoms with Gasteiger partial charge in [0.15, 0.2) is 0 Å². The lowest BCUT2D eigenvalue weighted by Crippen LogP contribution is -2.43. The van der Waals surface area contributed by atoms with Gasteiger partial charge in [-0.1, -0.05) is 0 Å². The standard InChI is InChI=1S/C10H10BrFN2O5S/c11-6-3-5(12)1-2-8(6)20(18,19)14-7(10(16)17)4-9(13)15/h1-3,7,14H,4H2,(H2,13,15)(H,16,17). The monoisotopic (exact) mass is 368 g/mol. The predicted octanol–water partition coefficient (Wildman–Crippen LogP) is 0.195. The van der Waals surface area contributed by atoms with E-state index in [1.807, 2.05) is 4.72 Å². The Morgan fingerprint density at radius 1 is 1.45 bits per heavy atom. The maximum atomic E-state index is 12.9. The van der Waals surface area contributed by atoms with E-state index in [1.165, 1.54) is 0 Å². The summed E-state index contributed by atoms with van der Waals surface area (Å²) in [6, 6.07) is 1.08. The van der Waals surface area contributed by atoms with Crippen LogP contribution in [-0.2, 0) is 19.6 Å². The molecule has 1 rings (SSSR count). The zero-order chi connectivity index (χ0) is 15.5. The van der Waals surface area contributed by atoms with Crippen molar-refractivity contribution in [3.8, 4) is 0 Å². The van der Waals surface area contributed by atoms with E-state index >= 15 is 0 Å². The van der Waals surface area contributed by atoms with E-state index < -0.39 is 40.2 Å². The van der Waals surface area contributed by atoms with Gasteiger partial charge in [0.2, 0.25) is 15.9 Å². The first-order valence-corrected chi connectivity index (χ1v) is 7.39. The van der Waals surface area contributed by atoms with Crippen LogP contribution < -0.4 is 10.5 Å². The number of amides is 1. The highest BCUT2D eigenvalue weighted by Crippen LogP contribution is 2.23. The number of aliphatic carboxylic acids is 1. The molecule has 7 nitrogen and oxygen atoms in total. The molecule has 0 radical (unpaired) electrons. The fourth-order valence-electron chi connectivity index (χ4n) is 1.32. The molecule has 0 aromatic heterocycles. The van der Waals surface area contributed by atoms with Crippen molar-refractivity contribution in [1.82, 2.24) is 4.72 Å². The molecule has 1 aromatic rings. The Morgan fingerprint density at radius 3 is 2.50 bits per heavy atom. The minimum absolute atomic E-state index is 0.0757. The number of sulfonamides is 1. The summed E-state index contributed by atoms with van der Waals surface area (Å²) in [7, 11) is -4.25. The number of carboxylic acid groups (broad SMARTS) is 1. The van der Waals surface area contributed by atoms with Crippen molar-refractivity contribution >= 4 is 37.8 Å². The van der Waals surface area contributed by atoms with E-state index in [1.54, 1.807) is 0 Å². The molecule has 1 unspecified atom stereocenters. The average molecular weight is 369 g/mol. The summed E-state index contributed by atoms with van der Waals surface area (Å²) in [4.78, 5) is 21.2. The molecule has 0 bridgehead atoms. The quantitative estimate of drug-likeness (QED) is 0.660. The van der Waals surface area contributed by atoms with Gasteiger partial charge < -0.3 is 10.8 Å². The van der Waals surface area contributed by atoms with Crippen LogP contribution in [0.1, 0.15) is 6.42 Å². The Hall–Kier alpha value is -1.52. The second-order valence-electron chi connectivity index (χ2n) is 3.76. The average Bonchev–Trinajstić information content (AvgIpc) is 2.26. The summed E-state index contributed by atoms with van der Waals surface area (Å²) in [6.45, 7) is 0. The van der Waals surface area contributed by atoms with E-state index in [4.69, 9.17) is 10.8 Å². The lowest BCUT2D eigenvalue weighted by atomic mass is 10.2. The number of halogens is 2. The van der Waals surface area contributed by atoms with Gasteiger partial charge in [-0.3, -0.25) is 9.59 Å². The van der Waals surface area contributed by atoms with E-state index in [-0.39, 0.29) is 9.37 Å². The highest BCUT2D eigenvalue weighted by atomic mass is 79.9. The molecule has 10 heteroatoms. The van der Waals surface area contributed by atoms with Crippen molar-refractivity contribution in [2.24, 2.45) is 5.73 Å². The van der Waals surface area contributed by atoms with Crippen LogP contribution in [0.3, 0.4) is 0 Å². The molecule has 1 aromatic carbocycles. The number of carbonyl (C=O) groups excluding carboxylic acids is 1. The third-order valence-electron chi connectivity index (χ3n) is 2.18. The van der Waals surface area contributed by atoms with E-state index in [0.29, 0.717) is 0 Å². The van der Waals surface area contributed by atoms with Crippen LogP contribution in [0, 0.1) is 5.82 Å². The van der Waals surface area contributed by atoms with Crippen LogP contribution in [0.4, 0.5) is 4.39 Å². The van der Waals surface area contributed by atoms with Crippen molar-refractivity contribution < 1.29 is 27.5 Å². The smallest absolute Gasteiger partial charge is 0.322 e. The highest BCUT2D eigenvalue weighted by molar-refractivity contribution is 9.10. The van der Waals surface area contributed by atoms with Crippen LogP contribution in [0.5, 0.6) is 0 Å². The van der Waals surface area contributed by atoms with Gasteiger partial charge in [0.1, 0.15) is 11.9 Å². The molecule has 0 fully saturated rings. The summed E-state index contributed by atoms with van der Waals surface area (Å²) in [5.41, 5.74) is 4.84. The third-order valence-corrected chi connectivity index (χ3v) is 4.63. The second-order valence-corrected chi connectivity index (χ2v) is 6.29. The van der Waals surface area contributed by atoms with Crippen LogP contribution in [-0.4, -0.2) is 31.4 Å². The molecule has 110 valence electrons. The molecule has 0 aliphatic rings. The molecular weight excluding hydrogens is 359 g/mol. The number of benzene rings is 1. The van der Waals surface area contributed by atoms with Gasteiger partial charge in [0.05, 0.1) is 11.3 Å². The fourth-order valence-corrected chi connectivity index (χ4v) is 3.56. The first-order valence-electron chi connectivity index (χ1n) is 5.12. The number of primary amides is 1. The van der Waals surface area contributed by atoms with Gasteiger partial charge in [0.25, 0.3) is 0 Å². The molecule has 0 spiro atoms. The Labute approximate surface area is 122 Å². The number of nitrogens with one attached hydrogen (secondary N) is 1. The Kier molecular flexibility index (Phi) is 5.20. The van der Waals surface area contributed by atoms with Gasteiger partial charge in [0, 0.05) is 4.47 Å². The number of carboxylic acids is 1. The minimum Gasteiger partial charge on any atom is -0.480 e. The van der Waals surface area contributed by atoms with Crippen molar-refractivity contribution in [1.29, 1.82) is 0 Å². The van der Waals surface area contributed by atoms with Crippen LogP contribution in [0.15, 0.2) is 27.6 Å². The second kappa shape index (κ2) is 6.29. The summed E-state index contributed by atoms with van der Waals surface area (Å²) >= 11 is 2.86. The van der Waals surface area contributed by atoms with Gasteiger partial charge in [-0.15, -0.1) is 0 Å². The molecule has 0 saturated heterocycles. The first-order chi connectivity index (χ1) is 9.13. The highest BCUT2D eigenvalue weighted by Gasteiger charge is 2.28. The van der Waals surface area contributed by atoms with E-state index in [2.05, 4.69) is 15.9 Å². The zero-order valence-corrected chi connectivity index (χ0v) is 12.2.